The Bertz CT molecular complexity index is 1610. The lowest BCUT2D eigenvalue weighted by atomic mass is 10.0. The number of nitrogens with zero attached hydrogens (tertiary/aromatic N) is 4. The number of amides is 4. The number of carbonyl (C=O) groups excluding carboxylic acids is 4. The van der Waals surface area contributed by atoms with E-state index in [1.54, 1.807) is 27.7 Å². The molecule has 0 aromatic carbocycles. The number of hydrogen-bond acceptors (Lipinski definition) is 10. The van der Waals surface area contributed by atoms with Crippen molar-refractivity contribution in [2.24, 2.45) is 0 Å². The van der Waals surface area contributed by atoms with E-state index < -0.39 is 53.9 Å². The fourth-order valence-electron chi connectivity index (χ4n) is 4.27. The first-order valence-corrected chi connectivity index (χ1v) is 15.0. The van der Waals surface area contributed by atoms with Gasteiger partial charge in [-0.3, -0.25) is 24.8 Å². The smallest absolute Gasteiger partial charge is 0.434 e. The van der Waals surface area contributed by atoms with Gasteiger partial charge in [0.25, 0.3) is 0 Å². The first kappa shape index (κ1) is 34.2. The van der Waals surface area contributed by atoms with Crippen molar-refractivity contribution in [2.75, 3.05) is 38.2 Å². The summed E-state index contributed by atoms with van der Waals surface area (Å²) >= 11 is 0.752. The fraction of sp³-hybridized carbons (Fsp3) is 0.414. The molecule has 3 aromatic rings. The van der Waals surface area contributed by atoms with Crippen LogP contribution in [-0.4, -0.2) is 88.2 Å². The third-order valence-corrected chi connectivity index (χ3v) is 7.22. The highest BCUT2D eigenvalue weighted by molar-refractivity contribution is 7.13. The first-order chi connectivity index (χ1) is 21.7. The van der Waals surface area contributed by atoms with Gasteiger partial charge in [-0.05, 0) is 51.5 Å². The van der Waals surface area contributed by atoms with Crippen molar-refractivity contribution in [3.63, 3.8) is 0 Å². The Morgan fingerprint density at radius 2 is 1.87 bits per heavy atom. The highest BCUT2D eigenvalue weighted by Gasteiger charge is 2.36. The van der Waals surface area contributed by atoms with Crippen LogP contribution >= 0.6 is 11.3 Å². The Morgan fingerprint density at radius 3 is 2.54 bits per heavy atom. The lowest BCUT2D eigenvalue weighted by Crippen LogP contribution is -2.57. The molecule has 0 spiro atoms. The lowest BCUT2D eigenvalue weighted by Gasteiger charge is -2.35. The van der Waals surface area contributed by atoms with Crippen LogP contribution in [0.5, 0.6) is 0 Å². The molecule has 46 heavy (non-hydrogen) atoms. The second-order valence-corrected chi connectivity index (χ2v) is 11.8. The molecule has 0 radical (unpaired) electrons. The number of morpholine rings is 1. The molecule has 0 bridgehead atoms. The van der Waals surface area contributed by atoms with Crippen molar-refractivity contribution in [1.82, 2.24) is 30.5 Å². The first-order valence-electron chi connectivity index (χ1n) is 14.1. The highest BCUT2D eigenvalue weighted by Crippen LogP contribution is 2.38. The topological polar surface area (TPSA) is 165 Å². The van der Waals surface area contributed by atoms with Crippen LogP contribution in [0.3, 0.4) is 0 Å². The van der Waals surface area contributed by atoms with Crippen LogP contribution in [0.1, 0.15) is 43.9 Å². The van der Waals surface area contributed by atoms with Crippen LogP contribution in [-0.2, 0) is 20.4 Å². The number of Topliss-reactive ketones (excluding diaryl/α,β-unsaturated/α-hetero) is 1. The van der Waals surface area contributed by atoms with Gasteiger partial charge in [0.05, 0.1) is 19.8 Å². The number of rotatable bonds is 8. The van der Waals surface area contributed by atoms with Crippen molar-refractivity contribution in [3.05, 3.63) is 47.4 Å². The van der Waals surface area contributed by atoms with Gasteiger partial charge in [-0.2, -0.15) is 13.2 Å². The molecular formula is C29H32F3N7O6S. The van der Waals surface area contributed by atoms with Gasteiger partial charge in [0, 0.05) is 42.0 Å². The summed E-state index contributed by atoms with van der Waals surface area (Å²) in [4.78, 5) is 64.1. The van der Waals surface area contributed by atoms with Gasteiger partial charge >= 0.3 is 18.3 Å². The minimum Gasteiger partial charge on any atom is -0.444 e. The van der Waals surface area contributed by atoms with Crippen molar-refractivity contribution in [1.29, 1.82) is 0 Å². The van der Waals surface area contributed by atoms with Gasteiger partial charge in [-0.15, -0.1) is 11.3 Å². The van der Waals surface area contributed by atoms with Crippen molar-refractivity contribution >= 4 is 41.0 Å². The fourth-order valence-corrected chi connectivity index (χ4v) is 5.12. The Hall–Kier alpha value is -4.64. The number of thiazole rings is 1. The summed E-state index contributed by atoms with van der Waals surface area (Å²) in [6.07, 6.45) is -2.68. The molecule has 0 aliphatic carbocycles. The molecule has 3 aromatic heterocycles. The van der Waals surface area contributed by atoms with Crippen LogP contribution in [0, 0.1) is 0 Å². The second-order valence-electron chi connectivity index (χ2n) is 11.0. The van der Waals surface area contributed by atoms with Gasteiger partial charge in [0.2, 0.25) is 5.91 Å². The summed E-state index contributed by atoms with van der Waals surface area (Å²) in [6, 6.07) is 2.74. The summed E-state index contributed by atoms with van der Waals surface area (Å²) < 4.78 is 50.8. The molecule has 1 fully saturated rings. The number of pyridine rings is 2. The Labute approximate surface area is 265 Å². The van der Waals surface area contributed by atoms with E-state index in [0.717, 1.165) is 16.7 Å². The van der Waals surface area contributed by atoms with Crippen LogP contribution in [0.2, 0.25) is 0 Å². The Kier molecular flexibility index (Phi) is 10.6. The largest absolute Gasteiger partial charge is 0.444 e. The highest BCUT2D eigenvalue weighted by atomic mass is 32.1. The molecule has 4 heterocycles. The van der Waals surface area contributed by atoms with Gasteiger partial charge in [0.15, 0.2) is 11.5 Å². The monoisotopic (exact) mass is 663 g/mol. The van der Waals surface area contributed by atoms with Gasteiger partial charge < -0.3 is 20.1 Å². The van der Waals surface area contributed by atoms with Gasteiger partial charge in [0.1, 0.15) is 28.2 Å². The van der Waals surface area contributed by atoms with Crippen LogP contribution in [0.15, 0.2) is 36.0 Å². The zero-order valence-electron chi connectivity index (χ0n) is 25.4. The second kappa shape index (κ2) is 14.2. The van der Waals surface area contributed by atoms with Crippen molar-refractivity contribution in [2.45, 2.75) is 45.5 Å². The van der Waals surface area contributed by atoms with E-state index in [4.69, 9.17) is 9.47 Å². The van der Waals surface area contributed by atoms with Crippen LogP contribution < -0.4 is 16.0 Å². The Morgan fingerprint density at radius 1 is 1.11 bits per heavy atom. The van der Waals surface area contributed by atoms with E-state index in [0.29, 0.717) is 17.7 Å². The van der Waals surface area contributed by atoms with E-state index in [-0.39, 0.29) is 41.8 Å². The number of aromatic nitrogens is 3. The number of hydrogen-bond donors (Lipinski definition) is 3. The summed E-state index contributed by atoms with van der Waals surface area (Å²) in [5, 5.41) is 8.46. The molecule has 4 amide bonds. The molecule has 0 saturated carbocycles. The molecule has 1 aliphatic heterocycles. The standard InChI is InChI=1S/C29H32F3N7O6S/c1-5-33-26(42)38-23-11-17(25-37-22(15-46-25)29(30,31)32)18(12-35-23)16-6-7-34-19(10-16)21(40)13-36-24(41)20-14-44-9-8-39(20)27(43)45-28(2,3)4/h6-7,10-12,15,20H,5,8-9,13-14H2,1-4H3,(H,36,41)(H2,33,35,38,42)/t20-/m1/s1. The number of urea groups is 1. The maximum atomic E-state index is 13.4. The molecule has 13 nitrogen and oxygen atoms in total. The molecule has 0 unspecified atom stereocenters. The number of ketones is 1. The number of halogens is 3. The number of carbonyl (C=O) groups is 4. The zero-order valence-corrected chi connectivity index (χ0v) is 26.2. The van der Waals surface area contributed by atoms with Crippen molar-refractivity contribution < 1.29 is 41.8 Å². The molecule has 1 aliphatic rings. The van der Waals surface area contributed by atoms with Crippen LogP contribution in [0.25, 0.3) is 21.7 Å². The molecule has 1 atom stereocenters. The quantitative estimate of drug-likeness (QED) is 0.297. The minimum absolute atomic E-state index is 0.00451. The molecule has 1 saturated heterocycles. The number of anilines is 1. The predicted octanol–water partition coefficient (Wildman–Crippen LogP) is 4.36. The number of ether oxygens (including phenoxy) is 2. The molecule has 17 heteroatoms. The number of nitrogens with one attached hydrogen (secondary N) is 3. The average molecular weight is 664 g/mol. The maximum absolute atomic E-state index is 13.4. The normalized spacial score (nSPS) is 15.2. The van der Waals surface area contributed by atoms with Crippen LogP contribution in [0.4, 0.5) is 28.6 Å². The van der Waals surface area contributed by atoms with E-state index in [9.17, 15) is 32.3 Å². The number of alkyl halides is 3. The SMILES string of the molecule is CCNC(=O)Nc1cc(-c2nc(C(F)(F)F)cs2)c(-c2ccnc(C(=O)CNC(=O)[C@H]3COCCN3C(=O)OC(C)(C)C)c2)cn1. The molecular weight excluding hydrogens is 631 g/mol. The van der Waals surface area contributed by atoms with E-state index in [1.165, 1.54) is 35.5 Å². The van der Waals surface area contributed by atoms with E-state index >= 15 is 0 Å². The predicted molar refractivity (Wildman–Crippen MR) is 161 cm³/mol. The Balaban J connectivity index is 1.56. The van der Waals surface area contributed by atoms with Gasteiger partial charge in [-0.25, -0.2) is 19.6 Å². The summed E-state index contributed by atoms with van der Waals surface area (Å²) in [5.41, 5.74) is -0.996. The molecule has 246 valence electrons. The molecule has 4 rings (SSSR count). The summed E-state index contributed by atoms with van der Waals surface area (Å²) in [5.74, 6) is -1.14. The maximum Gasteiger partial charge on any atom is 0.434 e. The van der Waals surface area contributed by atoms with Gasteiger partial charge in [-0.1, -0.05) is 0 Å². The van der Waals surface area contributed by atoms with E-state index in [2.05, 4.69) is 30.9 Å². The third kappa shape index (κ3) is 8.75. The molecule has 3 N–H and O–H groups in total. The van der Waals surface area contributed by atoms with E-state index in [1.807, 2.05) is 0 Å². The average Bonchev–Trinajstić information content (AvgIpc) is 3.50. The van der Waals surface area contributed by atoms with Crippen molar-refractivity contribution in [3.8, 4) is 21.7 Å². The minimum atomic E-state index is -4.67. The lowest BCUT2D eigenvalue weighted by molar-refractivity contribution is -0.140. The summed E-state index contributed by atoms with van der Waals surface area (Å²) in [7, 11) is 0. The zero-order chi connectivity index (χ0) is 33.6. The summed E-state index contributed by atoms with van der Waals surface area (Å²) in [6.45, 7) is 6.96. The third-order valence-electron chi connectivity index (χ3n) is 6.35.